The Morgan fingerprint density at radius 3 is 2.82 bits per heavy atom. The first kappa shape index (κ1) is 18.3. The third-order valence-corrected chi connectivity index (χ3v) is 2.80. The fraction of sp³-hybridized carbons (Fsp3) is 0.357. The number of aryl methyl sites for hydroxylation is 1. The lowest BCUT2D eigenvalue weighted by Gasteiger charge is -2.10. The van der Waals surface area contributed by atoms with Crippen LogP contribution in [-0.4, -0.2) is 29.7 Å². The van der Waals surface area contributed by atoms with Crippen LogP contribution in [0.5, 0.6) is 0 Å². The molecule has 2 aromatic rings. The van der Waals surface area contributed by atoms with E-state index < -0.39 is 0 Å². The van der Waals surface area contributed by atoms with E-state index in [9.17, 15) is 4.39 Å². The van der Waals surface area contributed by atoms with Crippen molar-refractivity contribution in [1.29, 1.82) is 0 Å². The predicted molar refractivity (Wildman–Crippen MR) is 92.8 cm³/mol. The second-order valence-electron chi connectivity index (χ2n) is 4.46. The van der Waals surface area contributed by atoms with E-state index in [1.165, 1.54) is 12.1 Å². The van der Waals surface area contributed by atoms with Gasteiger partial charge in [0, 0.05) is 20.5 Å². The van der Waals surface area contributed by atoms with Crippen molar-refractivity contribution in [3.8, 4) is 0 Å². The van der Waals surface area contributed by atoms with Crippen LogP contribution < -0.4 is 10.6 Å². The van der Waals surface area contributed by atoms with Crippen molar-refractivity contribution < 1.29 is 8.91 Å². The van der Waals surface area contributed by atoms with E-state index in [0.29, 0.717) is 37.2 Å². The maximum absolute atomic E-state index is 13.1. The van der Waals surface area contributed by atoms with Crippen LogP contribution in [0.2, 0.25) is 0 Å². The highest BCUT2D eigenvalue weighted by molar-refractivity contribution is 14.0. The molecule has 1 aromatic carbocycles. The quantitative estimate of drug-likeness (QED) is 0.441. The van der Waals surface area contributed by atoms with E-state index in [1.54, 1.807) is 20.0 Å². The molecule has 0 atom stereocenters. The first-order chi connectivity index (χ1) is 10.2. The molecule has 6 nitrogen and oxygen atoms in total. The predicted octanol–water partition coefficient (Wildman–Crippen LogP) is 2.04. The largest absolute Gasteiger partial charge is 0.356 e. The fourth-order valence-electron chi connectivity index (χ4n) is 1.81. The molecule has 2 N–H and O–H groups in total. The summed E-state index contributed by atoms with van der Waals surface area (Å²) in [6.07, 6.45) is 0.708. The molecular weight excluding hydrogens is 400 g/mol. The first-order valence-corrected chi connectivity index (χ1v) is 6.65. The molecule has 0 radical (unpaired) electrons. The molecule has 0 fully saturated rings. The molecule has 0 bridgehead atoms. The van der Waals surface area contributed by atoms with Gasteiger partial charge in [-0.3, -0.25) is 4.99 Å². The topological polar surface area (TPSA) is 75.3 Å². The van der Waals surface area contributed by atoms with Crippen molar-refractivity contribution in [1.82, 2.24) is 20.8 Å². The third-order valence-electron chi connectivity index (χ3n) is 2.80. The molecule has 1 heterocycles. The van der Waals surface area contributed by atoms with Gasteiger partial charge in [0.1, 0.15) is 5.82 Å². The van der Waals surface area contributed by atoms with Crippen LogP contribution in [-0.2, 0) is 13.0 Å². The molecule has 0 aliphatic rings. The summed E-state index contributed by atoms with van der Waals surface area (Å²) in [6, 6.07) is 6.56. The smallest absolute Gasteiger partial charge is 0.223 e. The fourth-order valence-corrected chi connectivity index (χ4v) is 1.81. The Hall–Kier alpha value is -1.71. The van der Waals surface area contributed by atoms with Crippen molar-refractivity contribution in [3.63, 3.8) is 0 Å². The molecule has 0 aliphatic carbocycles. The summed E-state index contributed by atoms with van der Waals surface area (Å²) in [5.74, 6) is 1.51. The summed E-state index contributed by atoms with van der Waals surface area (Å²) < 4.78 is 17.9. The number of aliphatic imine (C=N–C) groups is 1. The lowest BCUT2D eigenvalue weighted by Crippen LogP contribution is -2.38. The van der Waals surface area contributed by atoms with E-state index in [2.05, 4.69) is 25.8 Å². The Kier molecular flexibility index (Phi) is 7.78. The van der Waals surface area contributed by atoms with Crippen molar-refractivity contribution in [3.05, 3.63) is 47.4 Å². The van der Waals surface area contributed by atoms with Crippen LogP contribution in [0.3, 0.4) is 0 Å². The second kappa shape index (κ2) is 9.34. The van der Waals surface area contributed by atoms with Crippen molar-refractivity contribution >= 4 is 29.9 Å². The summed E-state index contributed by atoms with van der Waals surface area (Å²) in [5.41, 5.74) is 0.937. The van der Waals surface area contributed by atoms with Gasteiger partial charge in [0.15, 0.2) is 11.8 Å². The van der Waals surface area contributed by atoms with Gasteiger partial charge in [-0.2, -0.15) is 4.98 Å². The Balaban J connectivity index is 0.00000242. The molecule has 0 amide bonds. The zero-order chi connectivity index (χ0) is 15.1. The summed E-state index contributed by atoms with van der Waals surface area (Å²) in [4.78, 5) is 8.18. The summed E-state index contributed by atoms with van der Waals surface area (Å²) in [5, 5.41) is 10.0. The highest BCUT2D eigenvalue weighted by Crippen LogP contribution is 2.03. The van der Waals surface area contributed by atoms with Crippen LogP contribution in [0.15, 0.2) is 33.8 Å². The molecule has 0 aliphatic heterocycles. The van der Waals surface area contributed by atoms with E-state index in [-0.39, 0.29) is 29.8 Å². The van der Waals surface area contributed by atoms with Gasteiger partial charge in [0.2, 0.25) is 5.89 Å². The lowest BCUT2D eigenvalue weighted by molar-refractivity contribution is 0.387. The molecule has 0 spiro atoms. The van der Waals surface area contributed by atoms with Crippen LogP contribution in [0.4, 0.5) is 4.39 Å². The zero-order valence-electron chi connectivity index (χ0n) is 12.5. The molecule has 0 unspecified atom stereocenters. The Bertz CT molecular complexity index is 617. The van der Waals surface area contributed by atoms with E-state index in [0.717, 1.165) is 5.56 Å². The number of guanidine groups is 1. The number of aromatic nitrogens is 2. The second-order valence-corrected chi connectivity index (χ2v) is 4.46. The van der Waals surface area contributed by atoms with E-state index in [4.69, 9.17) is 4.52 Å². The van der Waals surface area contributed by atoms with Gasteiger partial charge < -0.3 is 15.2 Å². The van der Waals surface area contributed by atoms with Crippen molar-refractivity contribution in [2.45, 2.75) is 19.9 Å². The van der Waals surface area contributed by atoms with Gasteiger partial charge in [-0.05, 0) is 24.1 Å². The van der Waals surface area contributed by atoms with Crippen LogP contribution in [0, 0.1) is 12.7 Å². The van der Waals surface area contributed by atoms with Gasteiger partial charge in [-0.1, -0.05) is 17.3 Å². The van der Waals surface area contributed by atoms with E-state index in [1.807, 2.05) is 6.07 Å². The Morgan fingerprint density at radius 2 is 2.18 bits per heavy atom. The number of benzene rings is 1. The van der Waals surface area contributed by atoms with Gasteiger partial charge in [0.25, 0.3) is 0 Å². The summed E-state index contributed by atoms with van der Waals surface area (Å²) >= 11 is 0. The maximum Gasteiger partial charge on any atom is 0.223 e. The molecule has 0 saturated heterocycles. The van der Waals surface area contributed by atoms with Gasteiger partial charge >= 0.3 is 0 Å². The monoisotopic (exact) mass is 419 g/mol. The average Bonchev–Trinajstić information content (AvgIpc) is 2.88. The molecule has 1 aromatic heterocycles. The average molecular weight is 419 g/mol. The minimum Gasteiger partial charge on any atom is -0.356 e. The van der Waals surface area contributed by atoms with Gasteiger partial charge in [0.05, 0.1) is 6.54 Å². The van der Waals surface area contributed by atoms with Crippen LogP contribution >= 0.6 is 24.0 Å². The Morgan fingerprint density at radius 1 is 1.36 bits per heavy atom. The highest BCUT2D eigenvalue weighted by Gasteiger charge is 2.03. The van der Waals surface area contributed by atoms with Crippen LogP contribution in [0.1, 0.15) is 17.3 Å². The first-order valence-electron chi connectivity index (χ1n) is 6.65. The number of nitrogens with one attached hydrogen (secondary N) is 2. The minimum atomic E-state index is -0.220. The molecule has 22 heavy (non-hydrogen) atoms. The summed E-state index contributed by atoms with van der Waals surface area (Å²) in [6.45, 7) is 2.81. The summed E-state index contributed by atoms with van der Waals surface area (Å²) in [7, 11) is 1.68. The molecular formula is C14H19FIN5O. The van der Waals surface area contributed by atoms with Gasteiger partial charge in [-0.15, -0.1) is 24.0 Å². The van der Waals surface area contributed by atoms with Gasteiger partial charge in [-0.25, -0.2) is 4.39 Å². The minimum absolute atomic E-state index is 0. The van der Waals surface area contributed by atoms with Crippen molar-refractivity contribution in [2.24, 2.45) is 4.99 Å². The number of hydrogen-bond donors (Lipinski definition) is 2. The number of rotatable bonds is 5. The zero-order valence-corrected chi connectivity index (χ0v) is 14.8. The normalized spacial score (nSPS) is 11.0. The standard InChI is InChI=1S/C14H18FN5O.HI/c1-10-19-13(20-21-10)9-18-14(16-2)17-7-6-11-4-3-5-12(15)8-11;/h3-5,8H,6-7,9H2,1-2H3,(H2,16,17,18);1H. The van der Waals surface area contributed by atoms with E-state index >= 15 is 0 Å². The van der Waals surface area contributed by atoms with Crippen molar-refractivity contribution in [2.75, 3.05) is 13.6 Å². The maximum atomic E-state index is 13.1. The lowest BCUT2D eigenvalue weighted by atomic mass is 10.1. The highest BCUT2D eigenvalue weighted by atomic mass is 127. The molecule has 120 valence electrons. The van der Waals surface area contributed by atoms with Crippen LogP contribution in [0.25, 0.3) is 0 Å². The number of halogens is 2. The molecule has 2 rings (SSSR count). The molecule has 0 saturated carbocycles. The number of hydrogen-bond acceptors (Lipinski definition) is 4. The number of nitrogens with zero attached hydrogens (tertiary/aromatic N) is 3. The third kappa shape index (κ3) is 5.96. The SMILES string of the molecule is CN=C(NCCc1cccc(F)c1)NCc1noc(C)n1.I. The Labute approximate surface area is 145 Å². The molecule has 8 heteroatoms.